The van der Waals surface area contributed by atoms with Crippen LogP contribution in [-0.4, -0.2) is 33.3 Å². The molecule has 0 aliphatic carbocycles. The summed E-state index contributed by atoms with van der Waals surface area (Å²) in [6, 6.07) is 10.1. The van der Waals surface area contributed by atoms with Crippen molar-refractivity contribution in [3.63, 3.8) is 0 Å². The lowest BCUT2D eigenvalue weighted by molar-refractivity contribution is 0.559. The van der Waals surface area contributed by atoms with E-state index in [0.29, 0.717) is 22.9 Å². The highest BCUT2D eigenvalue weighted by molar-refractivity contribution is 6.34. The van der Waals surface area contributed by atoms with Crippen LogP contribution in [0, 0.1) is 11.6 Å². The van der Waals surface area contributed by atoms with E-state index in [1.165, 1.54) is 10.6 Å². The molecule has 0 atom stereocenters. The van der Waals surface area contributed by atoms with Gasteiger partial charge in [0.25, 0.3) is 0 Å². The van der Waals surface area contributed by atoms with Crippen molar-refractivity contribution in [3.8, 4) is 5.82 Å². The molecule has 1 N–H and O–H groups in total. The first-order valence-electron chi connectivity index (χ1n) is 11.4. The molecule has 39 heavy (non-hydrogen) atoms. The van der Waals surface area contributed by atoms with E-state index in [9.17, 15) is 18.4 Å². The Bertz CT molecular complexity index is 2050. The molecule has 2 aromatic carbocycles. The average molecular weight is 569 g/mol. The van der Waals surface area contributed by atoms with Crippen LogP contribution >= 0.6 is 23.2 Å². The van der Waals surface area contributed by atoms with Gasteiger partial charge < -0.3 is 5.32 Å². The average Bonchev–Trinajstić information content (AvgIpc) is 3.47. The maximum Gasteiger partial charge on any atom is 0.360 e. The van der Waals surface area contributed by atoms with Gasteiger partial charge >= 0.3 is 11.4 Å². The summed E-state index contributed by atoms with van der Waals surface area (Å²) < 4.78 is 33.5. The van der Waals surface area contributed by atoms with Crippen molar-refractivity contribution in [2.75, 3.05) is 5.32 Å². The van der Waals surface area contributed by atoms with Crippen LogP contribution in [0.3, 0.4) is 0 Å². The summed E-state index contributed by atoms with van der Waals surface area (Å²) in [7, 11) is 1.75. The summed E-state index contributed by atoms with van der Waals surface area (Å²) in [5, 5.41) is 7.86. The van der Waals surface area contributed by atoms with Gasteiger partial charge in [-0.25, -0.2) is 23.4 Å². The van der Waals surface area contributed by atoms with E-state index < -0.39 is 29.6 Å². The SMILES string of the molecule is Cn1cc2cc(Nc3nc(=O)n(-c4cnc5ccccn45)c(=O)n3Cc3cc(Cl)c(F)cc3F)c(Cl)cc2n1. The Balaban J connectivity index is 1.56. The van der Waals surface area contributed by atoms with Gasteiger partial charge in [0, 0.05) is 36.5 Å². The van der Waals surface area contributed by atoms with Crippen LogP contribution in [0.15, 0.2) is 70.6 Å². The monoisotopic (exact) mass is 568 g/mol. The molecule has 0 aliphatic rings. The Kier molecular flexibility index (Phi) is 5.92. The first-order chi connectivity index (χ1) is 18.7. The Morgan fingerprint density at radius 1 is 1.03 bits per heavy atom. The maximum atomic E-state index is 14.7. The van der Waals surface area contributed by atoms with E-state index in [-0.39, 0.29) is 27.4 Å². The molecule has 0 unspecified atom stereocenters. The molecule has 0 saturated carbocycles. The van der Waals surface area contributed by atoms with Crippen molar-refractivity contribution in [1.29, 1.82) is 0 Å². The van der Waals surface area contributed by atoms with Crippen molar-refractivity contribution in [1.82, 2.24) is 33.3 Å². The van der Waals surface area contributed by atoms with Crippen molar-refractivity contribution < 1.29 is 8.78 Å². The number of nitrogens with one attached hydrogen (secondary N) is 1. The van der Waals surface area contributed by atoms with Crippen LogP contribution in [-0.2, 0) is 13.6 Å². The Labute approximate surface area is 227 Å². The molecule has 0 amide bonds. The summed E-state index contributed by atoms with van der Waals surface area (Å²) in [6.45, 7) is -0.441. The highest BCUT2D eigenvalue weighted by Crippen LogP contribution is 2.29. The summed E-state index contributed by atoms with van der Waals surface area (Å²) in [6.07, 6.45) is 4.73. The second-order valence-corrected chi connectivity index (χ2v) is 9.46. The Morgan fingerprint density at radius 3 is 2.67 bits per heavy atom. The van der Waals surface area contributed by atoms with E-state index in [4.69, 9.17) is 23.2 Å². The van der Waals surface area contributed by atoms with Crippen LogP contribution in [0.4, 0.5) is 20.4 Å². The van der Waals surface area contributed by atoms with Gasteiger partial charge in [-0.05, 0) is 30.3 Å². The molecule has 14 heteroatoms. The molecule has 0 fully saturated rings. The van der Waals surface area contributed by atoms with Crippen LogP contribution in [0.1, 0.15) is 5.56 Å². The zero-order valence-electron chi connectivity index (χ0n) is 19.9. The van der Waals surface area contributed by atoms with Crippen molar-refractivity contribution in [2.24, 2.45) is 7.05 Å². The van der Waals surface area contributed by atoms with E-state index in [1.807, 2.05) is 0 Å². The summed E-state index contributed by atoms with van der Waals surface area (Å²) in [4.78, 5) is 35.4. The number of imidazole rings is 1. The lowest BCUT2D eigenvalue weighted by Crippen LogP contribution is -2.42. The Hall–Kier alpha value is -4.55. The number of aromatic nitrogens is 7. The minimum absolute atomic E-state index is 0.106. The molecule has 0 bridgehead atoms. The summed E-state index contributed by atoms with van der Waals surface area (Å²) in [5.74, 6) is -1.98. The zero-order valence-corrected chi connectivity index (χ0v) is 21.5. The summed E-state index contributed by atoms with van der Waals surface area (Å²) in [5.41, 5.74) is -0.444. The number of rotatable bonds is 5. The van der Waals surface area contributed by atoms with Gasteiger partial charge in [-0.1, -0.05) is 29.3 Å². The normalized spacial score (nSPS) is 11.5. The molecule has 6 rings (SSSR count). The lowest BCUT2D eigenvalue weighted by atomic mass is 10.2. The van der Waals surface area contributed by atoms with Crippen LogP contribution in [0.2, 0.25) is 10.0 Å². The minimum atomic E-state index is -0.950. The first-order valence-corrected chi connectivity index (χ1v) is 12.1. The van der Waals surface area contributed by atoms with E-state index in [2.05, 4.69) is 20.4 Å². The number of hydrogen-bond acceptors (Lipinski definition) is 6. The number of nitrogens with zero attached hydrogens (tertiary/aromatic N) is 7. The van der Waals surface area contributed by atoms with E-state index in [0.717, 1.165) is 20.6 Å². The maximum absolute atomic E-state index is 14.7. The van der Waals surface area contributed by atoms with Gasteiger partial charge in [0.1, 0.15) is 23.1 Å². The molecule has 0 saturated heterocycles. The quantitative estimate of drug-likeness (QED) is 0.311. The van der Waals surface area contributed by atoms with Crippen molar-refractivity contribution in [3.05, 3.63) is 109 Å². The third-order valence-corrected chi connectivity index (χ3v) is 6.67. The fourth-order valence-corrected chi connectivity index (χ4v) is 4.65. The van der Waals surface area contributed by atoms with Crippen LogP contribution < -0.4 is 16.7 Å². The highest BCUT2D eigenvalue weighted by atomic mass is 35.5. The zero-order chi connectivity index (χ0) is 27.4. The largest absolute Gasteiger partial charge is 0.360 e. The van der Waals surface area contributed by atoms with Crippen molar-refractivity contribution >= 4 is 51.4 Å². The van der Waals surface area contributed by atoms with E-state index in [1.54, 1.807) is 54.5 Å². The third-order valence-electron chi connectivity index (χ3n) is 6.07. The van der Waals surface area contributed by atoms with Crippen LogP contribution in [0.5, 0.6) is 0 Å². The molecule has 0 spiro atoms. The highest BCUT2D eigenvalue weighted by Gasteiger charge is 2.20. The lowest BCUT2D eigenvalue weighted by Gasteiger charge is -2.16. The van der Waals surface area contributed by atoms with Gasteiger partial charge in [-0.3, -0.25) is 13.6 Å². The fraction of sp³-hybridized carbons (Fsp3) is 0.0800. The standard InChI is InChI=1S/C25H16Cl2F2N8O2/c1-34-11-14-7-20(16(27)8-19(14)33-34)31-23-32-24(38)37(22-10-30-21-4-2-3-5-35(21)22)25(39)36(23)12-13-6-15(26)18(29)9-17(13)28/h2-11H,12H2,1H3,(H,31,32,38). The number of aryl methyl sites for hydroxylation is 1. The third kappa shape index (κ3) is 4.33. The number of halogens is 4. The van der Waals surface area contributed by atoms with Crippen molar-refractivity contribution in [2.45, 2.75) is 6.54 Å². The number of anilines is 2. The smallest absolute Gasteiger partial charge is 0.324 e. The molecular weight excluding hydrogens is 553 g/mol. The van der Waals surface area contributed by atoms with Gasteiger partial charge in [-0.2, -0.15) is 14.6 Å². The number of pyridine rings is 1. The Morgan fingerprint density at radius 2 is 1.85 bits per heavy atom. The van der Waals surface area contributed by atoms with Gasteiger partial charge in [0.15, 0.2) is 0 Å². The molecule has 4 heterocycles. The van der Waals surface area contributed by atoms with Gasteiger partial charge in [0.05, 0.1) is 34.0 Å². The topological polar surface area (TPSA) is 104 Å². The molecule has 10 nitrogen and oxygen atoms in total. The molecule has 0 aliphatic heterocycles. The molecule has 4 aromatic heterocycles. The molecule has 6 aromatic rings. The number of fused-ring (bicyclic) bond motifs is 2. The molecule has 0 radical (unpaired) electrons. The number of hydrogen-bond donors (Lipinski definition) is 1. The first kappa shape index (κ1) is 24.8. The fourth-order valence-electron chi connectivity index (χ4n) is 4.25. The van der Waals surface area contributed by atoms with E-state index >= 15 is 0 Å². The van der Waals surface area contributed by atoms with Gasteiger partial charge in [0.2, 0.25) is 5.95 Å². The molecular formula is C25H16Cl2F2N8O2. The summed E-state index contributed by atoms with van der Waals surface area (Å²) >= 11 is 12.3. The predicted octanol–water partition coefficient (Wildman–Crippen LogP) is 4.31. The second kappa shape index (κ2) is 9.33. The predicted molar refractivity (Wildman–Crippen MR) is 142 cm³/mol. The van der Waals surface area contributed by atoms with Gasteiger partial charge in [-0.15, -0.1) is 0 Å². The van der Waals surface area contributed by atoms with Crippen LogP contribution in [0.25, 0.3) is 22.4 Å². The second-order valence-electron chi connectivity index (χ2n) is 8.64. The molecule has 196 valence electrons. The minimum Gasteiger partial charge on any atom is -0.324 e. The number of benzene rings is 2.